The van der Waals surface area contributed by atoms with Crippen LogP contribution in [-0.4, -0.2) is 82.3 Å². The number of nitrogens with zero attached hydrogens (tertiary/aromatic N) is 1. The quantitative estimate of drug-likeness (QED) is 0.0195. The topological polar surface area (TPSA) is 111 Å². The first-order valence-electron chi connectivity index (χ1n) is 33.0. The van der Waals surface area contributed by atoms with Gasteiger partial charge in [-0.3, -0.25) is 9.59 Å². The molecule has 0 saturated heterocycles. The summed E-state index contributed by atoms with van der Waals surface area (Å²) in [6.45, 7) is 4.54. The molecule has 0 aliphatic carbocycles. The van der Waals surface area contributed by atoms with Gasteiger partial charge in [-0.2, -0.15) is 0 Å². The Balaban J connectivity index is 4.16. The number of hydrogen-bond acceptors (Lipinski definition) is 8. The van der Waals surface area contributed by atoms with Crippen LogP contribution in [0.2, 0.25) is 0 Å². The van der Waals surface area contributed by atoms with E-state index >= 15 is 0 Å². The van der Waals surface area contributed by atoms with Crippen molar-refractivity contribution in [1.29, 1.82) is 0 Å². The highest BCUT2D eigenvalue weighted by molar-refractivity contribution is 5.70. The highest BCUT2D eigenvalue weighted by Gasteiger charge is 2.22. The van der Waals surface area contributed by atoms with Gasteiger partial charge in [-0.05, 0) is 96.3 Å². The number of allylic oxidation sites excluding steroid dienone is 18. The van der Waals surface area contributed by atoms with Crippen molar-refractivity contribution in [3.63, 3.8) is 0 Å². The van der Waals surface area contributed by atoms with Gasteiger partial charge in [0.1, 0.15) is 13.2 Å². The SMILES string of the molecule is CC/C=C\C/C=C\C/C=C\C/C=C\C/C=C\CCCCCCCCCCCCCC(=O)OC(COC(=O)CCCCCCCCCCCCCCCCCC/C=C\C/C=C\C/C=C\C/C=C\CC)COC(OCC[N+](C)(C)C)C(=O)[O-]. The molecule has 0 N–H and O–H groups in total. The molecule has 0 spiro atoms. The van der Waals surface area contributed by atoms with Crippen molar-refractivity contribution in [3.05, 3.63) is 109 Å². The Morgan fingerprint density at radius 1 is 0.370 bits per heavy atom. The summed E-state index contributed by atoms with van der Waals surface area (Å²) in [6.07, 6.45) is 82.9. The summed E-state index contributed by atoms with van der Waals surface area (Å²) < 4.78 is 22.8. The van der Waals surface area contributed by atoms with Crippen LogP contribution >= 0.6 is 0 Å². The van der Waals surface area contributed by atoms with E-state index in [2.05, 4.69) is 123 Å². The van der Waals surface area contributed by atoms with Gasteiger partial charge >= 0.3 is 11.9 Å². The van der Waals surface area contributed by atoms with Crippen LogP contribution in [-0.2, 0) is 33.3 Å². The average molecular weight is 1130 g/mol. The molecular formula is C72H123NO8. The normalized spacial score (nSPS) is 13.4. The molecule has 81 heavy (non-hydrogen) atoms. The third kappa shape index (κ3) is 63.4. The third-order valence-corrected chi connectivity index (χ3v) is 14.0. The first-order valence-corrected chi connectivity index (χ1v) is 33.0. The highest BCUT2D eigenvalue weighted by atomic mass is 16.7. The van der Waals surface area contributed by atoms with Crippen molar-refractivity contribution < 1.29 is 42.9 Å². The van der Waals surface area contributed by atoms with Gasteiger partial charge < -0.3 is 33.3 Å². The largest absolute Gasteiger partial charge is 0.545 e. The number of carbonyl (C=O) groups excluding carboxylic acids is 3. The number of quaternary nitrogens is 1. The fourth-order valence-electron chi connectivity index (χ4n) is 9.03. The molecule has 0 rings (SSSR count). The molecule has 0 fully saturated rings. The Labute approximate surface area is 498 Å². The van der Waals surface area contributed by atoms with Crippen molar-refractivity contribution in [2.45, 2.75) is 283 Å². The number of unbranched alkanes of at least 4 members (excludes halogenated alkanes) is 27. The predicted molar refractivity (Wildman–Crippen MR) is 343 cm³/mol. The summed E-state index contributed by atoms with van der Waals surface area (Å²) in [6, 6.07) is 0. The van der Waals surface area contributed by atoms with Crippen LogP contribution in [0.5, 0.6) is 0 Å². The minimum absolute atomic E-state index is 0.143. The number of carboxylic acid groups (broad SMARTS) is 1. The van der Waals surface area contributed by atoms with E-state index in [0.29, 0.717) is 17.4 Å². The van der Waals surface area contributed by atoms with E-state index in [-0.39, 0.29) is 38.6 Å². The van der Waals surface area contributed by atoms with Gasteiger partial charge in [-0.25, -0.2) is 0 Å². The van der Waals surface area contributed by atoms with Crippen molar-refractivity contribution in [2.75, 3.05) is 47.5 Å². The van der Waals surface area contributed by atoms with E-state index < -0.39 is 24.3 Å². The molecule has 0 bridgehead atoms. The lowest BCUT2D eigenvalue weighted by Crippen LogP contribution is -2.44. The second kappa shape index (κ2) is 62.0. The summed E-state index contributed by atoms with van der Waals surface area (Å²) in [5.74, 6) is -2.28. The van der Waals surface area contributed by atoms with E-state index in [0.717, 1.165) is 103 Å². The third-order valence-electron chi connectivity index (χ3n) is 14.0. The van der Waals surface area contributed by atoms with Crippen LogP contribution in [0.1, 0.15) is 271 Å². The summed E-state index contributed by atoms with van der Waals surface area (Å²) in [5, 5.41) is 11.8. The van der Waals surface area contributed by atoms with E-state index in [1.165, 1.54) is 135 Å². The first kappa shape index (κ1) is 77.0. The molecule has 0 aromatic carbocycles. The second-order valence-corrected chi connectivity index (χ2v) is 23.0. The van der Waals surface area contributed by atoms with Crippen molar-refractivity contribution in [1.82, 2.24) is 0 Å². The molecule has 0 aliphatic rings. The molecule has 0 radical (unpaired) electrons. The molecule has 0 aromatic rings. The minimum Gasteiger partial charge on any atom is -0.545 e. The minimum atomic E-state index is -1.63. The van der Waals surface area contributed by atoms with Crippen LogP contribution in [0.3, 0.4) is 0 Å². The number of carboxylic acids is 1. The Morgan fingerprint density at radius 3 is 0.988 bits per heavy atom. The maximum Gasteiger partial charge on any atom is 0.306 e. The average Bonchev–Trinajstić information content (AvgIpc) is 3.44. The summed E-state index contributed by atoms with van der Waals surface area (Å²) in [7, 11) is 5.93. The number of hydrogen-bond donors (Lipinski definition) is 0. The van der Waals surface area contributed by atoms with Crippen molar-refractivity contribution in [3.8, 4) is 0 Å². The van der Waals surface area contributed by atoms with Crippen LogP contribution in [0.15, 0.2) is 109 Å². The smallest absolute Gasteiger partial charge is 0.306 e. The van der Waals surface area contributed by atoms with Gasteiger partial charge in [-0.1, -0.05) is 271 Å². The molecule has 0 amide bonds. The predicted octanol–water partition coefficient (Wildman–Crippen LogP) is 18.9. The standard InChI is InChI=1S/C72H123NO8/c1-6-8-10-12-14-16-18-20-22-24-26-28-30-32-34-35-37-38-40-42-44-46-48-50-52-54-56-58-60-62-69(74)79-66-68(67-80-72(71(76)77)78-65-64-73(3,4)5)81-70(75)63-61-59-57-55-53-51-49-47-45-43-41-39-36-33-31-29-27-25-23-21-19-17-15-13-11-9-7-2/h8-11,14-17,20-23,26-29,33,36,68,72H,6-7,12-13,18-19,24-25,30-32,34-35,37-67H2,1-5H3/b10-8-,11-9-,16-14-,17-15-,22-20-,23-21-,28-26-,29-27-,36-33-. The fourth-order valence-corrected chi connectivity index (χ4v) is 9.03. The number of carbonyl (C=O) groups is 3. The molecule has 2 atom stereocenters. The molecular weight excluding hydrogens is 1010 g/mol. The summed E-state index contributed by atoms with van der Waals surface area (Å²) in [5.41, 5.74) is 0. The molecule has 0 aliphatic heterocycles. The Kier molecular flexibility index (Phi) is 58.9. The van der Waals surface area contributed by atoms with Gasteiger partial charge in [0.05, 0.1) is 40.3 Å². The molecule has 2 unspecified atom stereocenters. The zero-order chi connectivity index (χ0) is 59.1. The van der Waals surface area contributed by atoms with Crippen LogP contribution in [0, 0.1) is 0 Å². The molecule has 9 heteroatoms. The van der Waals surface area contributed by atoms with E-state index in [9.17, 15) is 19.5 Å². The highest BCUT2D eigenvalue weighted by Crippen LogP contribution is 2.17. The zero-order valence-corrected chi connectivity index (χ0v) is 52.9. The van der Waals surface area contributed by atoms with Gasteiger partial charge in [-0.15, -0.1) is 0 Å². The maximum atomic E-state index is 12.9. The number of rotatable bonds is 60. The number of aliphatic carboxylic acids is 1. The summed E-state index contributed by atoms with van der Waals surface area (Å²) >= 11 is 0. The van der Waals surface area contributed by atoms with Gasteiger partial charge in [0.2, 0.25) is 0 Å². The van der Waals surface area contributed by atoms with Crippen LogP contribution in [0.4, 0.5) is 0 Å². The van der Waals surface area contributed by atoms with Crippen LogP contribution in [0.25, 0.3) is 0 Å². The molecule has 0 aromatic heterocycles. The Bertz CT molecular complexity index is 1700. The van der Waals surface area contributed by atoms with E-state index in [1.54, 1.807) is 0 Å². The second-order valence-electron chi connectivity index (χ2n) is 23.0. The maximum absolute atomic E-state index is 12.9. The molecule has 464 valence electrons. The zero-order valence-electron chi connectivity index (χ0n) is 52.9. The Hall–Kier alpha value is -4.05. The number of likely N-dealkylation sites (N-methyl/N-ethyl adjacent to an activating group) is 1. The lowest BCUT2D eigenvalue weighted by Gasteiger charge is -2.26. The van der Waals surface area contributed by atoms with Gasteiger partial charge in [0.25, 0.3) is 0 Å². The Morgan fingerprint density at radius 2 is 0.667 bits per heavy atom. The number of ether oxygens (including phenoxy) is 4. The van der Waals surface area contributed by atoms with Crippen molar-refractivity contribution >= 4 is 17.9 Å². The lowest BCUT2D eigenvalue weighted by atomic mass is 10.0. The van der Waals surface area contributed by atoms with Gasteiger partial charge in [0.15, 0.2) is 12.4 Å². The first-order chi connectivity index (χ1) is 39.6. The number of esters is 2. The fraction of sp³-hybridized carbons (Fsp3) is 0.708. The summed E-state index contributed by atoms with van der Waals surface area (Å²) in [4.78, 5) is 37.5. The van der Waals surface area contributed by atoms with E-state index in [4.69, 9.17) is 18.9 Å². The van der Waals surface area contributed by atoms with Gasteiger partial charge in [0, 0.05) is 12.8 Å². The van der Waals surface area contributed by atoms with E-state index in [1.807, 2.05) is 21.1 Å². The monoisotopic (exact) mass is 1130 g/mol. The van der Waals surface area contributed by atoms with Crippen molar-refractivity contribution in [2.24, 2.45) is 0 Å². The molecule has 9 nitrogen and oxygen atoms in total. The molecule has 0 saturated carbocycles. The van der Waals surface area contributed by atoms with Crippen LogP contribution < -0.4 is 5.11 Å². The lowest BCUT2D eigenvalue weighted by molar-refractivity contribution is -0.870. The molecule has 0 heterocycles.